The lowest BCUT2D eigenvalue weighted by atomic mass is 9.81. The zero-order valence-electron chi connectivity index (χ0n) is 24.2. The van der Waals surface area contributed by atoms with Gasteiger partial charge in [0.25, 0.3) is 11.5 Å². The van der Waals surface area contributed by atoms with Crippen LogP contribution in [-0.2, 0) is 36.8 Å². The number of rotatable bonds is 9. The summed E-state index contributed by atoms with van der Waals surface area (Å²) in [7, 11) is 1.86. The van der Waals surface area contributed by atoms with Crippen LogP contribution in [0.4, 0.5) is 18.9 Å². The number of hydrogen-bond donors (Lipinski definition) is 2. The van der Waals surface area contributed by atoms with Crippen molar-refractivity contribution >= 4 is 17.5 Å². The Hall–Kier alpha value is -4.00. The molecule has 1 aromatic carbocycles. The maximum Gasteiger partial charge on any atom is 0.406 e. The molecule has 2 N–H and O–H groups in total. The van der Waals surface area contributed by atoms with Crippen LogP contribution in [0.1, 0.15) is 60.9 Å². The molecule has 2 aromatic heterocycles. The van der Waals surface area contributed by atoms with Gasteiger partial charge in [0.15, 0.2) is 0 Å². The summed E-state index contributed by atoms with van der Waals surface area (Å²) < 4.78 is 42.5. The number of nitrogens with zero attached hydrogens (tertiary/aromatic N) is 5. The number of benzene rings is 1. The van der Waals surface area contributed by atoms with Crippen molar-refractivity contribution in [3.05, 3.63) is 75.7 Å². The first-order chi connectivity index (χ1) is 19.7. The Kier molecular flexibility index (Phi) is 9.19. The van der Waals surface area contributed by atoms with Crippen LogP contribution >= 0.6 is 0 Å². The highest BCUT2D eigenvalue weighted by Crippen LogP contribution is 2.29. The third-order valence-corrected chi connectivity index (χ3v) is 7.36. The van der Waals surface area contributed by atoms with Crippen molar-refractivity contribution in [3.8, 4) is 0 Å². The van der Waals surface area contributed by atoms with E-state index < -0.39 is 24.2 Å². The predicted octanol–water partition coefficient (Wildman–Crippen LogP) is 3.41. The minimum Gasteiger partial charge on any atom is -0.352 e. The van der Waals surface area contributed by atoms with Crippen molar-refractivity contribution in [1.29, 1.82) is 0 Å². The van der Waals surface area contributed by atoms with Gasteiger partial charge in [0.1, 0.15) is 24.3 Å². The second-order valence-electron chi connectivity index (χ2n) is 11.5. The average molecular weight is 588 g/mol. The van der Waals surface area contributed by atoms with Gasteiger partial charge in [0.2, 0.25) is 5.91 Å². The number of likely N-dealkylation sites (tertiary alicyclic amines) is 1. The third-order valence-electron chi connectivity index (χ3n) is 7.36. The lowest BCUT2D eigenvalue weighted by molar-refractivity contribution is -0.141. The van der Waals surface area contributed by atoms with E-state index in [1.54, 1.807) is 24.5 Å². The molecule has 13 heteroatoms. The topological polar surface area (TPSA) is 114 Å². The second-order valence-corrected chi connectivity index (χ2v) is 11.5. The number of carbonyl (C=O) groups is 2. The van der Waals surface area contributed by atoms with Gasteiger partial charge in [-0.1, -0.05) is 26.0 Å². The Labute approximate surface area is 241 Å². The number of nitrogens with one attached hydrogen (secondary N) is 2. The predicted molar refractivity (Wildman–Crippen MR) is 151 cm³/mol. The number of alkyl halides is 3. The Morgan fingerprint density at radius 2 is 1.93 bits per heavy atom. The van der Waals surface area contributed by atoms with E-state index in [2.05, 4.69) is 20.8 Å². The lowest BCUT2D eigenvalue weighted by Crippen LogP contribution is -2.46. The highest BCUT2D eigenvalue weighted by molar-refractivity contribution is 6.04. The zero-order chi connectivity index (χ0) is 30.7. The monoisotopic (exact) mass is 587 g/mol. The Morgan fingerprint density at radius 3 is 2.60 bits per heavy atom. The van der Waals surface area contributed by atoms with E-state index in [0.717, 1.165) is 30.4 Å². The molecule has 1 unspecified atom stereocenters. The smallest absolute Gasteiger partial charge is 0.352 e. The van der Waals surface area contributed by atoms with Gasteiger partial charge in [-0.25, -0.2) is 0 Å². The van der Waals surface area contributed by atoms with Crippen LogP contribution in [0.2, 0.25) is 0 Å². The number of amides is 2. The second kappa shape index (κ2) is 12.5. The number of hydrogen-bond acceptors (Lipinski definition) is 6. The molecule has 1 aliphatic heterocycles. The maximum absolute atomic E-state index is 13.4. The van der Waals surface area contributed by atoms with Gasteiger partial charge in [0.05, 0.1) is 0 Å². The van der Waals surface area contributed by atoms with Crippen LogP contribution in [0.3, 0.4) is 0 Å². The van der Waals surface area contributed by atoms with E-state index in [1.165, 1.54) is 13.0 Å². The van der Waals surface area contributed by atoms with E-state index in [9.17, 15) is 27.6 Å². The summed E-state index contributed by atoms with van der Waals surface area (Å²) in [4.78, 5) is 39.9. The van der Waals surface area contributed by atoms with Gasteiger partial charge in [-0.15, -0.1) is 10.2 Å². The molecule has 0 saturated carbocycles. The molecule has 4 rings (SSSR count). The molecule has 1 saturated heterocycles. The summed E-state index contributed by atoms with van der Waals surface area (Å²) in [6.45, 7) is 5.38. The Bertz CT molecular complexity index is 1500. The van der Waals surface area contributed by atoms with Gasteiger partial charge in [-0.3, -0.25) is 19.3 Å². The molecule has 1 atom stereocenters. The molecule has 1 aliphatic rings. The molecule has 3 heterocycles. The summed E-state index contributed by atoms with van der Waals surface area (Å²) in [5.41, 5.74) is -0.0935. The fourth-order valence-electron chi connectivity index (χ4n) is 5.30. The SMILES string of the molecule is CC(=O)NC1CCCN(Cc2cc(C(=O)Nc3cccc(C(C)(C)Cc4nncn4C)c3)c(=O)n(CC(F)(F)F)c2)C1. The van der Waals surface area contributed by atoms with Crippen molar-refractivity contribution in [3.63, 3.8) is 0 Å². The fraction of sp³-hybridized carbons (Fsp3) is 0.483. The number of aromatic nitrogens is 4. The van der Waals surface area contributed by atoms with Crippen molar-refractivity contribution in [2.45, 2.75) is 70.8 Å². The van der Waals surface area contributed by atoms with E-state index in [1.807, 2.05) is 36.4 Å². The number of pyridine rings is 1. The van der Waals surface area contributed by atoms with E-state index in [0.29, 0.717) is 35.3 Å². The third kappa shape index (κ3) is 8.05. The molecule has 0 bridgehead atoms. The minimum atomic E-state index is -4.65. The molecule has 2 amide bonds. The van der Waals surface area contributed by atoms with E-state index in [-0.39, 0.29) is 29.5 Å². The Balaban J connectivity index is 1.58. The first-order valence-electron chi connectivity index (χ1n) is 13.7. The number of anilines is 1. The zero-order valence-corrected chi connectivity index (χ0v) is 24.2. The quantitative estimate of drug-likeness (QED) is 0.397. The fourth-order valence-corrected chi connectivity index (χ4v) is 5.30. The molecule has 0 radical (unpaired) electrons. The van der Waals surface area contributed by atoms with Crippen LogP contribution in [0.25, 0.3) is 0 Å². The van der Waals surface area contributed by atoms with Gasteiger partial charge in [0, 0.05) is 51.4 Å². The number of aryl methyl sites for hydroxylation is 1. The number of carbonyl (C=O) groups excluding carboxylic acids is 2. The first-order valence-corrected chi connectivity index (χ1v) is 13.7. The molecule has 226 valence electrons. The largest absolute Gasteiger partial charge is 0.406 e. The number of piperidine rings is 1. The summed E-state index contributed by atoms with van der Waals surface area (Å²) in [5, 5.41) is 13.7. The summed E-state index contributed by atoms with van der Waals surface area (Å²) in [6.07, 6.45) is 0.291. The molecular formula is C29H36F3N7O3. The van der Waals surface area contributed by atoms with Crippen LogP contribution < -0.4 is 16.2 Å². The van der Waals surface area contributed by atoms with E-state index >= 15 is 0 Å². The van der Waals surface area contributed by atoms with Crippen molar-refractivity contribution < 1.29 is 22.8 Å². The maximum atomic E-state index is 13.4. The van der Waals surface area contributed by atoms with Crippen LogP contribution in [0, 0.1) is 0 Å². The molecule has 10 nitrogen and oxygen atoms in total. The average Bonchev–Trinajstić information content (AvgIpc) is 3.28. The lowest BCUT2D eigenvalue weighted by Gasteiger charge is -2.33. The normalized spacial score (nSPS) is 16.3. The van der Waals surface area contributed by atoms with Gasteiger partial charge in [-0.05, 0) is 54.1 Å². The van der Waals surface area contributed by atoms with Gasteiger partial charge in [-0.2, -0.15) is 13.2 Å². The Morgan fingerprint density at radius 1 is 1.17 bits per heavy atom. The van der Waals surface area contributed by atoms with Crippen molar-refractivity contribution in [1.82, 2.24) is 29.5 Å². The highest BCUT2D eigenvalue weighted by atomic mass is 19.4. The molecule has 42 heavy (non-hydrogen) atoms. The first kappa shape index (κ1) is 30.9. The summed E-state index contributed by atoms with van der Waals surface area (Å²) in [5.74, 6) is -0.162. The molecule has 3 aromatic rings. The molecule has 0 aliphatic carbocycles. The van der Waals surface area contributed by atoms with Crippen LogP contribution in [0.15, 0.2) is 47.7 Å². The molecular weight excluding hydrogens is 551 g/mol. The van der Waals surface area contributed by atoms with Crippen LogP contribution in [-0.4, -0.2) is 61.4 Å². The molecule has 1 fully saturated rings. The highest BCUT2D eigenvalue weighted by Gasteiger charge is 2.30. The standard InChI is InChI=1S/C29H36F3N7O3/c1-19(40)34-23-9-6-10-38(16-23)14-20-11-24(27(42)39(15-20)17-29(30,31)32)26(41)35-22-8-5-7-21(12-22)28(2,3)13-25-36-33-18-37(25)4/h5,7-8,11-12,15,18,23H,6,9-10,13-14,16-17H2,1-4H3,(H,34,40)(H,35,41). The van der Waals surface area contributed by atoms with Gasteiger partial charge < -0.3 is 19.8 Å². The van der Waals surface area contributed by atoms with Crippen LogP contribution in [0.5, 0.6) is 0 Å². The van der Waals surface area contributed by atoms with E-state index in [4.69, 9.17) is 0 Å². The summed E-state index contributed by atoms with van der Waals surface area (Å²) >= 11 is 0. The van der Waals surface area contributed by atoms with Gasteiger partial charge >= 0.3 is 6.18 Å². The van der Waals surface area contributed by atoms with Crippen molar-refractivity contribution in [2.75, 3.05) is 18.4 Å². The minimum absolute atomic E-state index is 0.0784. The summed E-state index contributed by atoms with van der Waals surface area (Å²) in [6, 6.07) is 8.40. The molecule has 0 spiro atoms. The number of halogens is 3. The van der Waals surface area contributed by atoms with Crippen molar-refractivity contribution in [2.24, 2.45) is 7.05 Å².